The lowest BCUT2D eigenvalue weighted by atomic mass is 9.93. The van der Waals surface area contributed by atoms with Crippen molar-refractivity contribution in [2.45, 2.75) is 38.5 Å². The molecule has 0 spiro atoms. The van der Waals surface area contributed by atoms with E-state index in [9.17, 15) is 4.79 Å². The Morgan fingerprint density at radius 1 is 1.24 bits per heavy atom. The fourth-order valence-electron chi connectivity index (χ4n) is 2.28. The van der Waals surface area contributed by atoms with Crippen molar-refractivity contribution >= 4 is 17.4 Å². The average molecular weight is 249 g/mol. The molecule has 0 radical (unpaired) electrons. The molecule has 2 rings (SSSR count). The zero-order chi connectivity index (χ0) is 12.1. The van der Waals surface area contributed by atoms with Crippen LogP contribution in [0.15, 0.2) is 35.9 Å². The van der Waals surface area contributed by atoms with Crippen molar-refractivity contribution < 1.29 is 4.79 Å². The first-order valence-corrected chi connectivity index (χ1v) is 6.58. The van der Waals surface area contributed by atoms with Gasteiger partial charge in [-0.25, -0.2) is 0 Å². The molecule has 0 heterocycles. The monoisotopic (exact) mass is 248 g/mol. The number of ketones is 1. The summed E-state index contributed by atoms with van der Waals surface area (Å²) in [6.45, 7) is 0. The van der Waals surface area contributed by atoms with E-state index in [0.29, 0.717) is 11.4 Å². The number of hydrogen-bond acceptors (Lipinski definition) is 1. The second kappa shape index (κ2) is 6.02. The van der Waals surface area contributed by atoms with Crippen LogP contribution in [0.3, 0.4) is 0 Å². The van der Waals surface area contributed by atoms with Gasteiger partial charge in [0.25, 0.3) is 0 Å². The van der Waals surface area contributed by atoms with Gasteiger partial charge in [0.2, 0.25) is 0 Å². The molecule has 90 valence electrons. The van der Waals surface area contributed by atoms with E-state index in [4.69, 9.17) is 11.6 Å². The van der Waals surface area contributed by atoms with E-state index < -0.39 is 0 Å². The van der Waals surface area contributed by atoms with Gasteiger partial charge in [-0.1, -0.05) is 35.7 Å². The van der Waals surface area contributed by atoms with Gasteiger partial charge in [0.1, 0.15) is 0 Å². The molecule has 0 N–H and O–H groups in total. The van der Waals surface area contributed by atoms with Crippen LogP contribution in [-0.2, 0) is 11.2 Å². The lowest BCUT2D eigenvalue weighted by Gasteiger charge is -2.12. The molecule has 0 aromatic heterocycles. The van der Waals surface area contributed by atoms with Gasteiger partial charge in [0.05, 0.1) is 0 Å². The number of halogens is 1. The Bertz CT molecular complexity index is 426. The highest BCUT2D eigenvalue weighted by molar-refractivity contribution is 6.30. The van der Waals surface area contributed by atoms with E-state index in [-0.39, 0.29) is 5.78 Å². The molecule has 0 aliphatic heterocycles. The maximum Gasteiger partial charge on any atom is 0.160 e. The smallest absolute Gasteiger partial charge is 0.160 e. The highest BCUT2D eigenvalue weighted by atomic mass is 35.5. The highest BCUT2D eigenvalue weighted by Gasteiger charge is 2.08. The molecule has 0 unspecified atom stereocenters. The molecule has 1 fully saturated rings. The molecule has 1 aliphatic carbocycles. The molecule has 0 amide bonds. The predicted octanol–water partition coefficient (Wildman–Crippen LogP) is 4.34. The Morgan fingerprint density at radius 3 is 2.71 bits per heavy atom. The molecular formula is C15H17ClO. The Labute approximate surface area is 107 Å². The summed E-state index contributed by atoms with van der Waals surface area (Å²) < 4.78 is 0. The summed E-state index contributed by atoms with van der Waals surface area (Å²) >= 11 is 5.89. The van der Waals surface area contributed by atoms with Gasteiger partial charge in [0.15, 0.2) is 5.78 Å². The van der Waals surface area contributed by atoms with Crippen LogP contribution in [0.5, 0.6) is 0 Å². The predicted molar refractivity (Wildman–Crippen MR) is 71.3 cm³/mol. The fourth-order valence-corrected chi connectivity index (χ4v) is 2.49. The summed E-state index contributed by atoms with van der Waals surface area (Å²) in [5.74, 6) is 0.198. The van der Waals surface area contributed by atoms with E-state index in [1.54, 1.807) is 0 Å². The Hall–Kier alpha value is -1.08. The zero-order valence-electron chi connectivity index (χ0n) is 9.92. The minimum absolute atomic E-state index is 0.198. The molecular weight excluding hydrogens is 232 g/mol. The van der Waals surface area contributed by atoms with E-state index in [2.05, 4.69) is 0 Å². The summed E-state index contributed by atoms with van der Waals surface area (Å²) in [4.78, 5) is 11.9. The van der Waals surface area contributed by atoms with E-state index in [1.165, 1.54) is 24.8 Å². The maximum atomic E-state index is 11.9. The largest absolute Gasteiger partial charge is 0.294 e. The molecule has 17 heavy (non-hydrogen) atoms. The van der Waals surface area contributed by atoms with Crippen molar-refractivity contribution in [1.29, 1.82) is 0 Å². The van der Waals surface area contributed by atoms with Crippen LogP contribution in [0.1, 0.15) is 37.7 Å². The minimum Gasteiger partial charge on any atom is -0.294 e. The van der Waals surface area contributed by atoms with Crippen LogP contribution in [0.4, 0.5) is 0 Å². The van der Waals surface area contributed by atoms with Crippen LogP contribution in [-0.4, -0.2) is 5.78 Å². The lowest BCUT2D eigenvalue weighted by Crippen LogP contribution is -2.02. The third kappa shape index (κ3) is 4.01. The SMILES string of the molecule is O=C(C=C1CCCCC1)Cc1cccc(Cl)c1. The molecule has 0 bridgehead atoms. The number of hydrogen-bond donors (Lipinski definition) is 0. The Morgan fingerprint density at radius 2 is 2.00 bits per heavy atom. The van der Waals surface area contributed by atoms with E-state index in [0.717, 1.165) is 18.4 Å². The van der Waals surface area contributed by atoms with Crippen LogP contribution >= 0.6 is 11.6 Å². The van der Waals surface area contributed by atoms with Gasteiger partial charge in [-0.15, -0.1) is 0 Å². The van der Waals surface area contributed by atoms with E-state index in [1.807, 2.05) is 30.3 Å². The topological polar surface area (TPSA) is 17.1 Å². The lowest BCUT2D eigenvalue weighted by molar-refractivity contribution is -0.114. The highest BCUT2D eigenvalue weighted by Crippen LogP contribution is 2.22. The van der Waals surface area contributed by atoms with Crippen LogP contribution in [0, 0.1) is 0 Å². The van der Waals surface area contributed by atoms with Gasteiger partial charge in [-0.2, -0.15) is 0 Å². The van der Waals surface area contributed by atoms with Crippen LogP contribution < -0.4 is 0 Å². The fraction of sp³-hybridized carbons (Fsp3) is 0.400. The summed E-state index contributed by atoms with van der Waals surface area (Å²) in [6, 6.07) is 7.52. The molecule has 0 atom stereocenters. The number of rotatable bonds is 3. The first kappa shape index (κ1) is 12.4. The number of carbonyl (C=O) groups excluding carboxylic acids is 1. The number of benzene rings is 1. The molecule has 1 aromatic carbocycles. The van der Waals surface area contributed by atoms with Crippen molar-refractivity contribution in [1.82, 2.24) is 0 Å². The minimum atomic E-state index is 0.198. The first-order valence-electron chi connectivity index (χ1n) is 6.21. The van der Waals surface area contributed by atoms with Gasteiger partial charge < -0.3 is 0 Å². The summed E-state index contributed by atoms with van der Waals surface area (Å²) in [5.41, 5.74) is 2.32. The van der Waals surface area contributed by atoms with Crippen molar-refractivity contribution in [3.8, 4) is 0 Å². The first-order chi connectivity index (χ1) is 8.24. The Kier molecular flexibility index (Phi) is 4.38. The quantitative estimate of drug-likeness (QED) is 0.727. The zero-order valence-corrected chi connectivity index (χ0v) is 10.7. The third-order valence-corrected chi connectivity index (χ3v) is 3.36. The third-order valence-electron chi connectivity index (χ3n) is 3.13. The average Bonchev–Trinajstić information content (AvgIpc) is 2.30. The molecule has 1 aromatic rings. The summed E-state index contributed by atoms with van der Waals surface area (Å²) in [6.07, 6.45) is 8.28. The van der Waals surface area contributed by atoms with E-state index >= 15 is 0 Å². The molecule has 2 heteroatoms. The maximum absolute atomic E-state index is 11.9. The Balaban J connectivity index is 1.97. The standard InChI is InChI=1S/C15H17ClO/c16-14-8-4-7-13(9-14)11-15(17)10-12-5-2-1-3-6-12/h4,7-10H,1-3,5-6,11H2. The molecule has 1 saturated carbocycles. The molecule has 1 aliphatic rings. The van der Waals surface area contributed by atoms with Crippen molar-refractivity contribution in [3.05, 3.63) is 46.5 Å². The normalized spacial score (nSPS) is 15.7. The van der Waals surface area contributed by atoms with Gasteiger partial charge in [-0.05, 0) is 49.5 Å². The van der Waals surface area contributed by atoms with Crippen molar-refractivity contribution in [3.63, 3.8) is 0 Å². The number of allylic oxidation sites excluding steroid dienone is 2. The summed E-state index contributed by atoms with van der Waals surface area (Å²) in [5, 5.41) is 0.695. The summed E-state index contributed by atoms with van der Waals surface area (Å²) in [7, 11) is 0. The molecule has 1 nitrogen and oxygen atoms in total. The number of carbonyl (C=O) groups is 1. The van der Waals surface area contributed by atoms with Crippen LogP contribution in [0.25, 0.3) is 0 Å². The van der Waals surface area contributed by atoms with Crippen LogP contribution in [0.2, 0.25) is 5.02 Å². The van der Waals surface area contributed by atoms with Crippen molar-refractivity contribution in [2.24, 2.45) is 0 Å². The van der Waals surface area contributed by atoms with Gasteiger partial charge in [-0.3, -0.25) is 4.79 Å². The second-order valence-corrected chi connectivity index (χ2v) is 5.07. The molecule has 0 saturated heterocycles. The van der Waals surface area contributed by atoms with Gasteiger partial charge in [0, 0.05) is 11.4 Å². The van der Waals surface area contributed by atoms with Crippen molar-refractivity contribution in [2.75, 3.05) is 0 Å². The van der Waals surface area contributed by atoms with Gasteiger partial charge >= 0.3 is 0 Å². The second-order valence-electron chi connectivity index (χ2n) is 4.64.